The predicted octanol–water partition coefficient (Wildman–Crippen LogP) is 4.70. The van der Waals surface area contributed by atoms with E-state index in [0.717, 1.165) is 28.7 Å². The van der Waals surface area contributed by atoms with E-state index in [1.165, 1.54) is 0 Å². The van der Waals surface area contributed by atoms with Gasteiger partial charge >= 0.3 is 12.1 Å². The van der Waals surface area contributed by atoms with E-state index in [9.17, 15) is 14.4 Å². The van der Waals surface area contributed by atoms with Crippen molar-refractivity contribution < 1.29 is 24.2 Å². The van der Waals surface area contributed by atoms with E-state index in [1.54, 1.807) is 0 Å². The first-order chi connectivity index (χ1) is 16.3. The third-order valence-electron chi connectivity index (χ3n) is 6.28. The van der Waals surface area contributed by atoms with Gasteiger partial charge in [-0.05, 0) is 34.6 Å². The highest BCUT2D eigenvalue weighted by atomic mass is 16.5. The molecule has 1 aliphatic carbocycles. The molecule has 0 unspecified atom stereocenters. The summed E-state index contributed by atoms with van der Waals surface area (Å²) in [5, 5.41) is 14.7. The van der Waals surface area contributed by atoms with Gasteiger partial charge in [0.2, 0.25) is 5.91 Å². The van der Waals surface area contributed by atoms with Gasteiger partial charge in [0.15, 0.2) is 0 Å². The zero-order valence-corrected chi connectivity index (χ0v) is 20.0. The van der Waals surface area contributed by atoms with Crippen molar-refractivity contribution in [3.8, 4) is 11.1 Å². The fraction of sp³-hybridized carbons (Fsp3) is 0.444. The first-order valence-electron chi connectivity index (χ1n) is 11.9. The Labute approximate surface area is 200 Å². The van der Waals surface area contributed by atoms with Crippen LogP contribution in [0.15, 0.2) is 48.5 Å². The highest BCUT2D eigenvalue weighted by molar-refractivity contribution is 5.80. The fourth-order valence-corrected chi connectivity index (χ4v) is 4.52. The van der Waals surface area contributed by atoms with Crippen molar-refractivity contribution in [1.82, 2.24) is 10.6 Å². The number of carbonyl (C=O) groups is 3. The van der Waals surface area contributed by atoms with E-state index in [4.69, 9.17) is 9.84 Å². The summed E-state index contributed by atoms with van der Waals surface area (Å²) >= 11 is 0. The van der Waals surface area contributed by atoms with Crippen molar-refractivity contribution >= 4 is 18.0 Å². The van der Waals surface area contributed by atoms with Crippen LogP contribution in [0.4, 0.5) is 4.79 Å². The van der Waals surface area contributed by atoms with Crippen LogP contribution in [0.1, 0.15) is 63.5 Å². The molecule has 2 aromatic carbocycles. The maximum absolute atomic E-state index is 12.6. The molecule has 7 nitrogen and oxygen atoms in total. The minimum absolute atomic E-state index is 0.00432. The van der Waals surface area contributed by atoms with Gasteiger partial charge in [0, 0.05) is 24.4 Å². The molecule has 7 heteroatoms. The normalized spacial score (nSPS) is 14.1. The van der Waals surface area contributed by atoms with Gasteiger partial charge in [0.05, 0.1) is 6.42 Å². The molecule has 0 bridgehead atoms. The first kappa shape index (κ1) is 25.3. The molecule has 2 atom stereocenters. The second kappa shape index (κ2) is 11.7. The SMILES string of the molecule is CCC[C@H](CC(=O)O)NC(=O)C[C@@H](NC(=O)OCC1c2ccccc2-c2ccccc21)C(C)C. The molecule has 0 radical (unpaired) electrons. The van der Waals surface area contributed by atoms with Gasteiger partial charge < -0.3 is 20.5 Å². The second-order valence-electron chi connectivity index (χ2n) is 9.18. The number of amides is 2. The molecule has 3 rings (SSSR count). The summed E-state index contributed by atoms with van der Waals surface area (Å²) in [6.07, 6.45) is 0.727. The smallest absolute Gasteiger partial charge is 0.407 e. The van der Waals surface area contributed by atoms with Gasteiger partial charge in [-0.2, -0.15) is 0 Å². The van der Waals surface area contributed by atoms with Crippen LogP contribution in [-0.2, 0) is 14.3 Å². The number of benzene rings is 2. The van der Waals surface area contributed by atoms with E-state index in [1.807, 2.05) is 45.0 Å². The fourth-order valence-electron chi connectivity index (χ4n) is 4.52. The highest BCUT2D eigenvalue weighted by Gasteiger charge is 2.29. The van der Waals surface area contributed by atoms with Gasteiger partial charge in [0.25, 0.3) is 0 Å². The molecule has 34 heavy (non-hydrogen) atoms. The van der Waals surface area contributed by atoms with Crippen molar-refractivity contribution in [2.24, 2.45) is 5.92 Å². The molecule has 182 valence electrons. The topological polar surface area (TPSA) is 105 Å². The second-order valence-corrected chi connectivity index (χ2v) is 9.18. The van der Waals surface area contributed by atoms with Crippen molar-refractivity contribution in [3.63, 3.8) is 0 Å². The van der Waals surface area contributed by atoms with E-state index >= 15 is 0 Å². The maximum Gasteiger partial charge on any atom is 0.407 e. The summed E-state index contributed by atoms with van der Waals surface area (Å²) in [7, 11) is 0. The number of hydrogen-bond acceptors (Lipinski definition) is 4. The van der Waals surface area contributed by atoms with Gasteiger partial charge in [-0.25, -0.2) is 4.79 Å². The van der Waals surface area contributed by atoms with Crippen LogP contribution < -0.4 is 10.6 Å². The number of aliphatic carboxylic acids is 1. The Balaban J connectivity index is 1.58. The van der Waals surface area contributed by atoms with E-state index < -0.39 is 24.1 Å². The van der Waals surface area contributed by atoms with Gasteiger partial charge in [-0.15, -0.1) is 0 Å². The maximum atomic E-state index is 12.6. The lowest BCUT2D eigenvalue weighted by Crippen LogP contribution is -2.45. The first-order valence-corrected chi connectivity index (χ1v) is 11.9. The highest BCUT2D eigenvalue weighted by Crippen LogP contribution is 2.44. The van der Waals surface area contributed by atoms with Crippen molar-refractivity contribution in [2.45, 2.75) is 64.5 Å². The summed E-state index contributed by atoms with van der Waals surface area (Å²) < 4.78 is 5.61. The summed E-state index contributed by atoms with van der Waals surface area (Å²) in [4.78, 5) is 36.3. The molecule has 0 aromatic heterocycles. The van der Waals surface area contributed by atoms with Crippen LogP contribution in [0.2, 0.25) is 0 Å². The largest absolute Gasteiger partial charge is 0.481 e. The Morgan fingerprint density at radius 1 is 0.941 bits per heavy atom. The minimum atomic E-state index is -0.948. The molecule has 0 aliphatic heterocycles. The molecule has 0 saturated carbocycles. The van der Waals surface area contributed by atoms with Crippen LogP contribution in [-0.4, -0.2) is 41.8 Å². The van der Waals surface area contributed by atoms with E-state index in [2.05, 4.69) is 34.9 Å². The summed E-state index contributed by atoms with van der Waals surface area (Å²) in [5.74, 6) is -1.27. The van der Waals surface area contributed by atoms with Crippen molar-refractivity contribution in [1.29, 1.82) is 0 Å². The zero-order valence-electron chi connectivity index (χ0n) is 20.0. The number of rotatable bonds is 11. The number of ether oxygens (including phenoxy) is 1. The molecule has 0 saturated heterocycles. The molecular formula is C27H34N2O5. The number of nitrogens with one attached hydrogen (secondary N) is 2. The lowest BCUT2D eigenvalue weighted by Gasteiger charge is -2.24. The lowest BCUT2D eigenvalue weighted by atomic mass is 9.98. The quantitative estimate of drug-likeness (QED) is 0.445. The molecule has 1 aliphatic rings. The third kappa shape index (κ3) is 6.37. The molecule has 0 fully saturated rings. The van der Waals surface area contributed by atoms with Gasteiger partial charge in [-0.3, -0.25) is 9.59 Å². The van der Waals surface area contributed by atoms with Crippen LogP contribution in [0.25, 0.3) is 11.1 Å². The van der Waals surface area contributed by atoms with Gasteiger partial charge in [-0.1, -0.05) is 75.7 Å². The monoisotopic (exact) mass is 466 g/mol. The van der Waals surface area contributed by atoms with Crippen LogP contribution in [0, 0.1) is 5.92 Å². The lowest BCUT2D eigenvalue weighted by molar-refractivity contribution is -0.137. The van der Waals surface area contributed by atoms with Crippen LogP contribution in [0.5, 0.6) is 0 Å². The average Bonchev–Trinajstić information content (AvgIpc) is 3.10. The molecule has 3 N–H and O–H groups in total. The zero-order chi connectivity index (χ0) is 24.7. The Morgan fingerprint density at radius 3 is 2.06 bits per heavy atom. The van der Waals surface area contributed by atoms with Crippen LogP contribution in [0.3, 0.4) is 0 Å². The minimum Gasteiger partial charge on any atom is -0.481 e. The standard InChI is InChI=1S/C27H34N2O5/c1-4-9-18(14-26(31)32)28-25(30)15-24(17(2)3)29-27(33)34-16-23-21-12-7-5-10-19(21)20-11-6-8-13-22(20)23/h5-8,10-13,17-18,23-24H,4,9,14-16H2,1-3H3,(H,28,30)(H,29,33)(H,31,32)/t18-,24-/m1/s1. The molecule has 0 spiro atoms. The number of carboxylic acid groups (broad SMARTS) is 1. The summed E-state index contributed by atoms with van der Waals surface area (Å²) in [6, 6.07) is 15.4. The number of alkyl carbamates (subject to hydrolysis) is 1. The average molecular weight is 467 g/mol. The Bertz CT molecular complexity index is 974. The van der Waals surface area contributed by atoms with Crippen LogP contribution >= 0.6 is 0 Å². The van der Waals surface area contributed by atoms with Gasteiger partial charge in [0.1, 0.15) is 6.61 Å². The van der Waals surface area contributed by atoms with E-state index in [0.29, 0.717) is 6.42 Å². The predicted molar refractivity (Wildman–Crippen MR) is 131 cm³/mol. The van der Waals surface area contributed by atoms with Crippen molar-refractivity contribution in [3.05, 3.63) is 59.7 Å². The number of hydrogen-bond donors (Lipinski definition) is 3. The third-order valence-corrected chi connectivity index (χ3v) is 6.28. The number of carboxylic acids is 1. The van der Waals surface area contributed by atoms with E-state index in [-0.39, 0.29) is 37.2 Å². The molecule has 2 aromatic rings. The number of fused-ring (bicyclic) bond motifs is 3. The summed E-state index contributed by atoms with van der Waals surface area (Å²) in [6.45, 7) is 5.98. The molecule has 0 heterocycles. The van der Waals surface area contributed by atoms with Crippen molar-refractivity contribution in [2.75, 3.05) is 6.61 Å². The Hall–Kier alpha value is -3.35. The summed E-state index contributed by atoms with van der Waals surface area (Å²) in [5.41, 5.74) is 4.59. The number of carbonyl (C=O) groups excluding carboxylic acids is 2. The Morgan fingerprint density at radius 2 is 1.53 bits per heavy atom. The molecule has 2 amide bonds. The Kier molecular flexibility index (Phi) is 8.68. The molecular weight excluding hydrogens is 432 g/mol.